The molecule has 2 aliphatic rings. The summed E-state index contributed by atoms with van der Waals surface area (Å²) in [6.45, 7) is 5.01. The molecule has 0 bridgehead atoms. The molecule has 198 valence electrons. The molecule has 14 heteroatoms. The van der Waals surface area contributed by atoms with E-state index in [2.05, 4.69) is 15.0 Å². The van der Waals surface area contributed by atoms with Crippen LogP contribution in [0.2, 0.25) is 0 Å². The van der Waals surface area contributed by atoms with Crippen LogP contribution in [0.1, 0.15) is 34.9 Å². The van der Waals surface area contributed by atoms with Gasteiger partial charge in [0.05, 0.1) is 17.2 Å². The van der Waals surface area contributed by atoms with Gasteiger partial charge >= 0.3 is 23.3 Å². The summed E-state index contributed by atoms with van der Waals surface area (Å²) in [4.78, 5) is 40.9. The number of hydrogen-bond acceptors (Lipinski definition) is 7. The number of thiazole rings is 1. The number of likely N-dealkylation sites (tertiary alicyclic amines) is 1. The van der Waals surface area contributed by atoms with Gasteiger partial charge in [0, 0.05) is 30.4 Å². The standard InChI is InChI=1S/C21H22FN5O2S.C2HF3O2/c1-14-23-17(12-30-14)11-27-19(29)18(28)26-9-7-21(20(26)24-27)6-8-25(13-21)10-15-2-4-16(22)5-3-15;3-2(4,5)1(6)7/h2-5,12H,6-11,13H2,1H3;(H,6,7). The molecule has 1 aromatic carbocycles. The average molecular weight is 542 g/mol. The Morgan fingerprint density at radius 1 is 1.11 bits per heavy atom. The summed E-state index contributed by atoms with van der Waals surface area (Å²) in [5.41, 5.74) is 0.476. The number of aliphatic carboxylic acids is 1. The Kier molecular flexibility index (Phi) is 7.33. The predicted octanol–water partition coefficient (Wildman–Crippen LogP) is 2.54. The van der Waals surface area contributed by atoms with Crippen LogP contribution in [0.5, 0.6) is 0 Å². The molecule has 4 heterocycles. The minimum Gasteiger partial charge on any atom is -0.475 e. The Bertz CT molecular complexity index is 1420. The van der Waals surface area contributed by atoms with Crippen LogP contribution >= 0.6 is 11.3 Å². The van der Waals surface area contributed by atoms with Gasteiger partial charge in [-0.1, -0.05) is 12.1 Å². The Morgan fingerprint density at radius 3 is 2.35 bits per heavy atom. The molecule has 1 N–H and O–H groups in total. The van der Waals surface area contributed by atoms with E-state index in [1.54, 1.807) is 16.7 Å². The Morgan fingerprint density at radius 2 is 1.76 bits per heavy atom. The van der Waals surface area contributed by atoms with Crippen molar-refractivity contribution in [2.75, 3.05) is 13.1 Å². The first-order valence-corrected chi connectivity index (χ1v) is 12.2. The number of hydrogen-bond donors (Lipinski definition) is 1. The number of alkyl halides is 3. The SMILES string of the molecule is Cc1nc(Cn2nc3n(c(=O)c2=O)CCC32CCN(Cc3ccc(F)cc3)C2)cs1.O=C(O)C(F)(F)F. The molecule has 0 radical (unpaired) electrons. The zero-order valence-electron chi connectivity index (χ0n) is 19.7. The molecule has 0 amide bonds. The lowest BCUT2D eigenvalue weighted by molar-refractivity contribution is -0.192. The van der Waals surface area contributed by atoms with Crippen molar-refractivity contribution in [1.29, 1.82) is 0 Å². The van der Waals surface area contributed by atoms with Crippen molar-refractivity contribution in [2.24, 2.45) is 0 Å². The monoisotopic (exact) mass is 541 g/mol. The maximum absolute atomic E-state index is 13.2. The first-order valence-electron chi connectivity index (χ1n) is 11.3. The maximum atomic E-state index is 13.2. The summed E-state index contributed by atoms with van der Waals surface area (Å²) >= 11 is 1.51. The fourth-order valence-corrected chi connectivity index (χ4v) is 5.25. The number of nitrogens with zero attached hydrogens (tertiary/aromatic N) is 5. The van der Waals surface area contributed by atoms with E-state index >= 15 is 0 Å². The molecule has 37 heavy (non-hydrogen) atoms. The lowest BCUT2D eigenvalue weighted by atomic mass is 9.85. The van der Waals surface area contributed by atoms with Crippen molar-refractivity contribution in [3.63, 3.8) is 0 Å². The fraction of sp³-hybridized carbons (Fsp3) is 0.435. The topological polar surface area (TPSA) is 110 Å². The van der Waals surface area contributed by atoms with E-state index in [0.717, 1.165) is 48.7 Å². The molecule has 2 aliphatic heterocycles. The molecule has 9 nitrogen and oxygen atoms in total. The van der Waals surface area contributed by atoms with Gasteiger partial charge in [0.15, 0.2) is 0 Å². The molecule has 2 aromatic heterocycles. The highest BCUT2D eigenvalue weighted by molar-refractivity contribution is 7.09. The van der Waals surface area contributed by atoms with E-state index in [1.807, 2.05) is 12.3 Å². The van der Waals surface area contributed by atoms with Gasteiger partial charge in [-0.2, -0.15) is 18.3 Å². The molecular formula is C23H23F4N5O4S. The molecule has 1 unspecified atom stereocenters. The minimum absolute atomic E-state index is 0.210. The van der Waals surface area contributed by atoms with E-state index < -0.39 is 23.3 Å². The molecule has 1 saturated heterocycles. The zero-order valence-corrected chi connectivity index (χ0v) is 20.5. The maximum Gasteiger partial charge on any atom is 0.490 e. The summed E-state index contributed by atoms with van der Waals surface area (Å²) in [7, 11) is 0. The van der Waals surface area contributed by atoms with Gasteiger partial charge in [0.25, 0.3) is 0 Å². The highest BCUT2D eigenvalue weighted by Crippen LogP contribution is 2.40. The van der Waals surface area contributed by atoms with Gasteiger partial charge in [-0.3, -0.25) is 19.1 Å². The summed E-state index contributed by atoms with van der Waals surface area (Å²) in [6, 6.07) is 6.57. The quantitative estimate of drug-likeness (QED) is 0.399. The number of carboxylic acids is 1. The van der Waals surface area contributed by atoms with Crippen LogP contribution in [0.25, 0.3) is 0 Å². The average Bonchev–Trinajstić information content (AvgIpc) is 3.53. The van der Waals surface area contributed by atoms with Crippen LogP contribution in [-0.4, -0.2) is 54.6 Å². The van der Waals surface area contributed by atoms with Gasteiger partial charge in [0.1, 0.15) is 11.6 Å². The van der Waals surface area contributed by atoms with Crippen molar-refractivity contribution >= 4 is 17.3 Å². The second-order valence-corrected chi connectivity index (χ2v) is 10.1. The summed E-state index contributed by atoms with van der Waals surface area (Å²) in [5.74, 6) is -2.29. The van der Waals surface area contributed by atoms with Gasteiger partial charge in [0.2, 0.25) is 0 Å². The summed E-state index contributed by atoms with van der Waals surface area (Å²) in [5, 5.41) is 14.6. The molecule has 0 saturated carbocycles. The van der Waals surface area contributed by atoms with Gasteiger partial charge < -0.3 is 5.11 Å². The Hall–Kier alpha value is -3.39. The van der Waals surface area contributed by atoms with Crippen LogP contribution in [0.15, 0.2) is 39.2 Å². The lowest BCUT2D eigenvalue weighted by Gasteiger charge is -2.23. The molecule has 3 aromatic rings. The fourth-order valence-electron chi connectivity index (χ4n) is 4.64. The summed E-state index contributed by atoms with van der Waals surface area (Å²) < 4.78 is 47.8. The Labute approximate surface area is 211 Å². The molecule has 1 atom stereocenters. The molecule has 1 spiro atoms. The van der Waals surface area contributed by atoms with Crippen molar-refractivity contribution in [2.45, 2.75) is 51.0 Å². The van der Waals surface area contributed by atoms with E-state index in [4.69, 9.17) is 9.90 Å². The van der Waals surface area contributed by atoms with Crippen molar-refractivity contribution in [3.05, 3.63) is 78.3 Å². The van der Waals surface area contributed by atoms with Crippen molar-refractivity contribution in [1.82, 2.24) is 24.2 Å². The number of benzene rings is 1. The van der Waals surface area contributed by atoms with Gasteiger partial charge in [-0.05, 0) is 44.0 Å². The number of carboxylic acid groups (broad SMARTS) is 1. The first kappa shape index (κ1) is 26.7. The normalized spacial score (nSPS) is 19.1. The smallest absolute Gasteiger partial charge is 0.475 e. The molecular weight excluding hydrogens is 518 g/mol. The second kappa shape index (κ2) is 10.2. The van der Waals surface area contributed by atoms with Gasteiger partial charge in [-0.15, -0.1) is 11.3 Å². The third kappa shape index (κ3) is 5.80. The number of aryl methyl sites for hydroxylation is 1. The Balaban J connectivity index is 0.000000405. The highest BCUT2D eigenvalue weighted by Gasteiger charge is 2.47. The van der Waals surface area contributed by atoms with Crippen molar-refractivity contribution < 1.29 is 27.5 Å². The van der Waals surface area contributed by atoms with Crippen LogP contribution in [0.3, 0.4) is 0 Å². The predicted molar refractivity (Wildman–Crippen MR) is 125 cm³/mol. The molecule has 0 aliphatic carbocycles. The zero-order chi connectivity index (χ0) is 27.0. The van der Waals surface area contributed by atoms with Gasteiger partial charge in [-0.25, -0.2) is 18.9 Å². The van der Waals surface area contributed by atoms with Crippen LogP contribution < -0.4 is 11.1 Å². The highest BCUT2D eigenvalue weighted by atomic mass is 32.1. The van der Waals surface area contributed by atoms with E-state index in [-0.39, 0.29) is 17.8 Å². The van der Waals surface area contributed by atoms with Crippen LogP contribution in [0.4, 0.5) is 17.6 Å². The largest absolute Gasteiger partial charge is 0.490 e. The van der Waals surface area contributed by atoms with Crippen molar-refractivity contribution in [3.8, 4) is 0 Å². The van der Waals surface area contributed by atoms with Crippen LogP contribution in [0, 0.1) is 12.7 Å². The first-order chi connectivity index (χ1) is 17.4. The summed E-state index contributed by atoms with van der Waals surface area (Å²) in [6.07, 6.45) is -3.40. The van der Waals surface area contributed by atoms with E-state index in [0.29, 0.717) is 12.4 Å². The molecule has 5 rings (SSSR count). The number of carbonyl (C=O) groups is 1. The van der Waals surface area contributed by atoms with E-state index in [1.165, 1.54) is 28.2 Å². The number of halogens is 4. The molecule has 1 fully saturated rings. The number of rotatable bonds is 4. The third-order valence-electron chi connectivity index (χ3n) is 6.40. The third-order valence-corrected chi connectivity index (χ3v) is 7.22. The lowest BCUT2D eigenvalue weighted by Crippen LogP contribution is -2.45. The number of fused-ring (bicyclic) bond motifs is 2. The minimum atomic E-state index is -5.08. The second-order valence-electron chi connectivity index (χ2n) is 9.02. The number of aromatic nitrogens is 4. The van der Waals surface area contributed by atoms with E-state index in [9.17, 15) is 27.2 Å². The van der Waals surface area contributed by atoms with Crippen LogP contribution in [-0.2, 0) is 29.8 Å².